The molecule has 28 heavy (non-hydrogen) atoms. The number of hydrogen-bond donors (Lipinski definition) is 3. The molecule has 0 atom stereocenters. The lowest BCUT2D eigenvalue weighted by Gasteiger charge is -2.36. The number of para-hydroxylation sites is 1. The average Bonchev–Trinajstić information content (AvgIpc) is 3.21. The van der Waals surface area contributed by atoms with Crippen molar-refractivity contribution in [3.05, 3.63) is 48.0 Å². The number of carbonyl (C=O) groups is 2. The molecule has 3 amide bonds. The number of aromatic nitrogens is 2. The Morgan fingerprint density at radius 3 is 2.68 bits per heavy atom. The number of aryl methyl sites for hydroxylation is 1. The Kier molecular flexibility index (Phi) is 6.92. The molecule has 1 aliphatic rings. The maximum atomic E-state index is 12.9. The van der Waals surface area contributed by atoms with E-state index in [4.69, 9.17) is 11.6 Å². The number of amides is 3. The van der Waals surface area contributed by atoms with E-state index in [9.17, 15) is 9.59 Å². The first-order valence-corrected chi connectivity index (χ1v) is 10.0. The molecule has 1 saturated carbocycles. The third kappa shape index (κ3) is 5.25. The second-order valence-corrected chi connectivity index (χ2v) is 7.52. The molecule has 1 aliphatic carbocycles. The maximum Gasteiger partial charge on any atom is 0.320 e. The second-order valence-electron chi connectivity index (χ2n) is 7.11. The van der Waals surface area contributed by atoms with Gasteiger partial charge >= 0.3 is 6.03 Å². The molecule has 8 heteroatoms. The topological polar surface area (TPSA) is 88.0 Å². The number of imidazole rings is 1. The first-order valence-electron chi connectivity index (χ1n) is 9.67. The van der Waals surface area contributed by atoms with Crippen molar-refractivity contribution in [1.29, 1.82) is 0 Å². The largest absolute Gasteiger partial charge is 0.354 e. The minimum Gasteiger partial charge on any atom is -0.354 e. The molecule has 0 unspecified atom stereocenters. The third-order valence-electron chi connectivity index (χ3n) is 5.05. The number of halogens is 1. The van der Waals surface area contributed by atoms with Gasteiger partial charge in [0.05, 0.1) is 17.0 Å². The van der Waals surface area contributed by atoms with Crippen LogP contribution < -0.4 is 16.0 Å². The molecule has 3 N–H and O–H groups in total. The molecular formula is C20H26ClN5O2. The second kappa shape index (κ2) is 9.59. The average molecular weight is 404 g/mol. The molecule has 1 fully saturated rings. The maximum absolute atomic E-state index is 12.9. The summed E-state index contributed by atoms with van der Waals surface area (Å²) in [4.78, 5) is 29.5. The van der Waals surface area contributed by atoms with Gasteiger partial charge in [0, 0.05) is 25.5 Å². The minimum atomic E-state index is -0.876. The van der Waals surface area contributed by atoms with Crippen LogP contribution in [0.25, 0.3) is 0 Å². The van der Waals surface area contributed by atoms with Crippen molar-refractivity contribution in [3.63, 3.8) is 0 Å². The van der Waals surface area contributed by atoms with Crippen molar-refractivity contribution in [2.75, 3.05) is 11.9 Å². The van der Waals surface area contributed by atoms with Crippen molar-refractivity contribution in [2.45, 2.75) is 50.6 Å². The van der Waals surface area contributed by atoms with Crippen LogP contribution >= 0.6 is 11.6 Å². The standard InChI is InChI=1S/C20H26ClN5O2/c21-16-7-2-3-8-17(16)24-19(28)25-20(9-4-1-5-10-20)18(27)23-11-6-13-26-14-12-22-15-26/h2-3,7-8,12,14-15H,1,4-6,9-11,13H2,(H,23,27)(H2,24,25,28). The summed E-state index contributed by atoms with van der Waals surface area (Å²) in [6.07, 6.45) is 10.3. The van der Waals surface area contributed by atoms with Crippen molar-refractivity contribution in [3.8, 4) is 0 Å². The Balaban J connectivity index is 1.56. The fraction of sp³-hybridized carbons (Fsp3) is 0.450. The normalized spacial score (nSPS) is 15.6. The number of anilines is 1. The van der Waals surface area contributed by atoms with Crippen molar-refractivity contribution in [2.24, 2.45) is 0 Å². The monoisotopic (exact) mass is 403 g/mol. The lowest BCUT2D eigenvalue weighted by Crippen LogP contribution is -2.60. The number of nitrogens with one attached hydrogen (secondary N) is 3. The van der Waals surface area contributed by atoms with Gasteiger partial charge in [0.1, 0.15) is 5.54 Å². The molecule has 1 aromatic carbocycles. The molecule has 0 spiro atoms. The highest BCUT2D eigenvalue weighted by molar-refractivity contribution is 6.33. The summed E-state index contributed by atoms with van der Waals surface area (Å²) in [5, 5.41) is 9.13. The van der Waals surface area contributed by atoms with Crippen molar-refractivity contribution in [1.82, 2.24) is 20.2 Å². The molecule has 0 radical (unpaired) electrons. The van der Waals surface area contributed by atoms with E-state index in [0.29, 0.717) is 30.1 Å². The van der Waals surface area contributed by atoms with Crippen molar-refractivity contribution < 1.29 is 9.59 Å². The molecule has 0 aliphatic heterocycles. The fourth-order valence-electron chi connectivity index (χ4n) is 3.55. The van der Waals surface area contributed by atoms with Gasteiger partial charge in [-0.25, -0.2) is 9.78 Å². The highest BCUT2D eigenvalue weighted by atomic mass is 35.5. The van der Waals surface area contributed by atoms with E-state index in [1.165, 1.54) is 0 Å². The summed E-state index contributed by atoms with van der Waals surface area (Å²) in [5.41, 5.74) is -0.355. The molecular weight excluding hydrogens is 378 g/mol. The Morgan fingerprint density at radius 2 is 1.96 bits per heavy atom. The quantitative estimate of drug-likeness (QED) is 0.617. The van der Waals surface area contributed by atoms with E-state index in [2.05, 4.69) is 20.9 Å². The van der Waals surface area contributed by atoms with Gasteiger partial charge in [0.15, 0.2) is 0 Å². The number of nitrogens with zero attached hydrogens (tertiary/aromatic N) is 2. The lowest BCUT2D eigenvalue weighted by molar-refractivity contribution is -0.128. The molecule has 0 saturated heterocycles. The van der Waals surface area contributed by atoms with Gasteiger partial charge in [0.25, 0.3) is 0 Å². The predicted molar refractivity (Wildman–Crippen MR) is 109 cm³/mol. The van der Waals surface area contributed by atoms with Crippen LogP contribution in [0.15, 0.2) is 43.0 Å². The van der Waals surface area contributed by atoms with Gasteiger partial charge < -0.3 is 20.5 Å². The highest BCUT2D eigenvalue weighted by Crippen LogP contribution is 2.29. The number of hydrogen-bond acceptors (Lipinski definition) is 3. The zero-order chi connectivity index (χ0) is 19.8. The van der Waals surface area contributed by atoms with Crippen LogP contribution in [0.3, 0.4) is 0 Å². The predicted octanol–water partition coefficient (Wildman–Crippen LogP) is 3.57. The van der Waals surface area contributed by atoms with Gasteiger partial charge in [0.2, 0.25) is 5.91 Å². The van der Waals surface area contributed by atoms with Gasteiger partial charge in [-0.05, 0) is 31.4 Å². The smallest absolute Gasteiger partial charge is 0.320 e. The van der Waals surface area contributed by atoms with Gasteiger partial charge in [-0.15, -0.1) is 0 Å². The first-order chi connectivity index (χ1) is 13.6. The zero-order valence-electron chi connectivity index (χ0n) is 15.8. The lowest BCUT2D eigenvalue weighted by atomic mass is 9.81. The molecule has 0 bridgehead atoms. The van der Waals surface area contributed by atoms with Crippen molar-refractivity contribution >= 4 is 29.2 Å². The summed E-state index contributed by atoms with van der Waals surface area (Å²) < 4.78 is 1.97. The third-order valence-corrected chi connectivity index (χ3v) is 5.38. The molecule has 7 nitrogen and oxygen atoms in total. The number of rotatable bonds is 7. The minimum absolute atomic E-state index is 0.118. The van der Waals surface area contributed by atoms with E-state index in [1.54, 1.807) is 36.8 Å². The molecule has 3 rings (SSSR count). The number of carbonyl (C=O) groups excluding carboxylic acids is 2. The number of benzene rings is 1. The molecule has 1 heterocycles. The highest BCUT2D eigenvalue weighted by Gasteiger charge is 2.40. The first kappa shape index (κ1) is 20.2. The Bertz CT molecular complexity index is 788. The van der Waals surface area contributed by atoms with E-state index in [0.717, 1.165) is 32.2 Å². The molecule has 2 aromatic rings. The van der Waals surface area contributed by atoms with Crippen LogP contribution in [-0.4, -0.2) is 33.6 Å². The fourth-order valence-corrected chi connectivity index (χ4v) is 3.73. The molecule has 150 valence electrons. The van der Waals surface area contributed by atoms with E-state index in [1.807, 2.05) is 10.8 Å². The summed E-state index contributed by atoms with van der Waals surface area (Å²) in [5.74, 6) is -0.118. The van der Waals surface area contributed by atoms with Crippen LogP contribution in [-0.2, 0) is 11.3 Å². The van der Waals surface area contributed by atoms with E-state index >= 15 is 0 Å². The Morgan fingerprint density at radius 1 is 1.18 bits per heavy atom. The number of urea groups is 1. The SMILES string of the molecule is O=C(Nc1ccccc1Cl)NC1(C(=O)NCCCn2ccnc2)CCCCC1. The Labute approximate surface area is 169 Å². The summed E-state index contributed by atoms with van der Waals surface area (Å²) in [7, 11) is 0. The Hall–Kier alpha value is -2.54. The van der Waals surface area contributed by atoms with Crippen LogP contribution in [0.2, 0.25) is 5.02 Å². The van der Waals surface area contributed by atoms with Crippen LogP contribution in [0.1, 0.15) is 38.5 Å². The van der Waals surface area contributed by atoms with Crippen LogP contribution in [0, 0.1) is 0 Å². The van der Waals surface area contributed by atoms with Crippen LogP contribution in [0.4, 0.5) is 10.5 Å². The van der Waals surface area contributed by atoms with E-state index < -0.39 is 11.6 Å². The summed E-state index contributed by atoms with van der Waals surface area (Å²) in [6, 6.07) is 6.62. The zero-order valence-corrected chi connectivity index (χ0v) is 16.5. The van der Waals surface area contributed by atoms with Gasteiger partial charge in [-0.3, -0.25) is 4.79 Å². The molecule has 1 aromatic heterocycles. The van der Waals surface area contributed by atoms with Crippen LogP contribution in [0.5, 0.6) is 0 Å². The van der Waals surface area contributed by atoms with Gasteiger partial charge in [-0.2, -0.15) is 0 Å². The van der Waals surface area contributed by atoms with E-state index in [-0.39, 0.29) is 5.91 Å². The van der Waals surface area contributed by atoms with Gasteiger partial charge in [-0.1, -0.05) is 43.0 Å². The summed E-state index contributed by atoms with van der Waals surface area (Å²) in [6.45, 7) is 1.33. The summed E-state index contributed by atoms with van der Waals surface area (Å²) >= 11 is 6.11.